The number of hydrogen-bond acceptors (Lipinski definition) is 5. The molecule has 0 aromatic heterocycles. The molecule has 5 rings (SSSR count). The number of rotatable bonds is 8. The van der Waals surface area contributed by atoms with E-state index in [2.05, 4.69) is 4.74 Å². The van der Waals surface area contributed by atoms with Crippen LogP contribution >= 0.6 is 0 Å². The molecule has 0 saturated carbocycles. The molecule has 0 aliphatic heterocycles. The summed E-state index contributed by atoms with van der Waals surface area (Å²) in [4.78, 5) is 12.4. The molecule has 44 heavy (non-hydrogen) atoms. The molecule has 0 aliphatic rings. The van der Waals surface area contributed by atoms with Gasteiger partial charge in [0.2, 0.25) is 0 Å². The fraction of sp³-hybridized carbons (Fsp3) is 0.0882. The van der Waals surface area contributed by atoms with E-state index in [9.17, 15) is 28.5 Å². The molecule has 0 amide bonds. The van der Waals surface area contributed by atoms with Gasteiger partial charge in [-0.2, -0.15) is 5.26 Å². The maximum Gasteiger partial charge on any atom is 0.573 e. The SMILES string of the molecule is COc1ccc(-c2c(-c3ccc(OC(F)(F)F)cc3)c(-c3ccc(C#N)cc3)c(CF)c(-c3ccccc3)c2[N+](=O)[O-])cc1. The summed E-state index contributed by atoms with van der Waals surface area (Å²) in [6.45, 7) is -1.11. The van der Waals surface area contributed by atoms with Crippen molar-refractivity contribution in [3.8, 4) is 62.1 Å². The number of halogens is 4. The maximum atomic E-state index is 15.3. The lowest BCUT2D eigenvalue weighted by molar-refractivity contribution is -0.383. The number of ether oxygens (including phenoxy) is 2. The van der Waals surface area contributed by atoms with Crippen LogP contribution in [-0.4, -0.2) is 18.4 Å². The fourth-order valence-electron chi connectivity index (χ4n) is 5.20. The van der Waals surface area contributed by atoms with Crippen molar-refractivity contribution in [1.82, 2.24) is 0 Å². The van der Waals surface area contributed by atoms with E-state index in [0.717, 1.165) is 12.1 Å². The largest absolute Gasteiger partial charge is 0.573 e. The normalized spacial score (nSPS) is 11.1. The van der Waals surface area contributed by atoms with Gasteiger partial charge in [0.1, 0.15) is 18.2 Å². The van der Waals surface area contributed by atoms with Crippen molar-refractivity contribution in [2.75, 3.05) is 7.11 Å². The topological polar surface area (TPSA) is 85.4 Å². The number of nitro benzene ring substituents is 1. The third-order valence-corrected chi connectivity index (χ3v) is 7.01. The Balaban J connectivity index is 1.98. The molecule has 0 saturated heterocycles. The summed E-state index contributed by atoms with van der Waals surface area (Å²) in [7, 11) is 1.47. The second-order valence-corrected chi connectivity index (χ2v) is 9.57. The van der Waals surface area contributed by atoms with Gasteiger partial charge in [-0.15, -0.1) is 13.2 Å². The van der Waals surface area contributed by atoms with E-state index >= 15 is 4.39 Å². The lowest BCUT2D eigenvalue weighted by Crippen LogP contribution is -2.16. The highest BCUT2D eigenvalue weighted by Gasteiger charge is 2.34. The molecule has 0 unspecified atom stereocenters. The summed E-state index contributed by atoms with van der Waals surface area (Å²) in [6, 6.07) is 28.1. The smallest absolute Gasteiger partial charge is 0.497 e. The average Bonchev–Trinajstić information content (AvgIpc) is 3.03. The standard InChI is InChI=1S/C34H22F4N2O4/c1-43-26-15-11-25(12-16-26)32-31(24-13-17-27(18-14-24)44-34(36,37)38)29(23-9-7-21(20-39)8-10-23)28(19-35)30(33(32)40(41)42)22-5-3-2-4-6-22/h2-18H,19H2,1H3. The van der Waals surface area contributed by atoms with Crippen LogP contribution in [0.2, 0.25) is 0 Å². The van der Waals surface area contributed by atoms with E-state index < -0.39 is 23.7 Å². The minimum Gasteiger partial charge on any atom is -0.497 e. The third-order valence-electron chi connectivity index (χ3n) is 7.01. The Hall–Kier alpha value is -5.69. The highest BCUT2D eigenvalue weighted by Crippen LogP contribution is 2.53. The Bertz CT molecular complexity index is 1850. The van der Waals surface area contributed by atoms with Crippen LogP contribution in [0.25, 0.3) is 44.5 Å². The Morgan fingerprint density at radius 1 is 0.727 bits per heavy atom. The van der Waals surface area contributed by atoms with E-state index in [1.54, 1.807) is 66.7 Å². The van der Waals surface area contributed by atoms with Gasteiger partial charge in [0.15, 0.2) is 0 Å². The summed E-state index contributed by atoms with van der Waals surface area (Å²) in [5.74, 6) is -0.00382. The van der Waals surface area contributed by atoms with Gasteiger partial charge in [-0.05, 0) is 64.2 Å². The van der Waals surface area contributed by atoms with Gasteiger partial charge in [-0.3, -0.25) is 10.1 Å². The van der Waals surface area contributed by atoms with Gasteiger partial charge in [-0.25, -0.2) is 4.39 Å². The molecule has 10 heteroatoms. The van der Waals surface area contributed by atoms with Crippen molar-refractivity contribution in [2.45, 2.75) is 13.0 Å². The Kier molecular flexibility index (Phi) is 8.31. The predicted molar refractivity (Wildman–Crippen MR) is 158 cm³/mol. The van der Waals surface area contributed by atoms with Crippen LogP contribution in [0.1, 0.15) is 11.1 Å². The van der Waals surface area contributed by atoms with Crippen molar-refractivity contribution < 1.29 is 32.0 Å². The van der Waals surface area contributed by atoms with E-state index in [4.69, 9.17) is 4.74 Å². The highest BCUT2D eigenvalue weighted by molar-refractivity contribution is 6.06. The molecule has 220 valence electrons. The van der Waals surface area contributed by atoms with Gasteiger partial charge in [0.05, 0.1) is 34.8 Å². The lowest BCUT2D eigenvalue weighted by atomic mass is 9.79. The molecule has 0 spiro atoms. The monoisotopic (exact) mass is 598 g/mol. The Labute approximate surface area is 249 Å². The molecule has 0 N–H and O–H groups in total. The quantitative estimate of drug-likeness (QED) is 0.101. The van der Waals surface area contributed by atoms with Gasteiger partial charge < -0.3 is 9.47 Å². The zero-order valence-corrected chi connectivity index (χ0v) is 23.1. The number of benzene rings is 5. The molecule has 0 atom stereocenters. The van der Waals surface area contributed by atoms with E-state index in [0.29, 0.717) is 28.0 Å². The summed E-state index contributed by atoms with van der Waals surface area (Å²) in [5, 5.41) is 22.4. The first-order valence-corrected chi connectivity index (χ1v) is 13.1. The second-order valence-electron chi connectivity index (χ2n) is 9.57. The summed E-state index contributed by atoms with van der Waals surface area (Å²) < 4.78 is 63.5. The number of hydrogen-bond donors (Lipinski definition) is 0. The minimum absolute atomic E-state index is 0.00971. The number of methoxy groups -OCH3 is 1. The Morgan fingerprint density at radius 2 is 1.23 bits per heavy atom. The van der Waals surface area contributed by atoms with Crippen LogP contribution in [-0.2, 0) is 6.67 Å². The summed E-state index contributed by atoms with van der Waals surface area (Å²) in [5.41, 5.74) is 2.18. The molecule has 6 nitrogen and oxygen atoms in total. The molecule has 5 aromatic rings. The maximum absolute atomic E-state index is 15.3. The second kappa shape index (κ2) is 12.3. The lowest BCUT2D eigenvalue weighted by Gasteiger charge is -2.23. The van der Waals surface area contributed by atoms with Crippen molar-refractivity contribution in [2.24, 2.45) is 0 Å². The third kappa shape index (κ3) is 5.94. The minimum atomic E-state index is -4.93. The summed E-state index contributed by atoms with van der Waals surface area (Å²) >= 11 is 0. The first-order chi connectivity index (χ1) is 21.1. The zero-order valence-electron chi connectivity index (χ0n) is 23.1. The van der Waals surface area contributed by atoms with Crippen LogP contribution in [0.15, 0.2) is 103 Å². The first-order valence-electron chi connectivity index (χ1n) is 13.1. The molecule has 0 fully saturated rings. The number of alkyl halides is 4. The summed E-state index contributed by atoms with van der Waals surface area (Å²) in [6.07, 6.45) is -4.93. The highest BCUT2D eigenvalue weighted by atomic mass is 19.4. The van der Waals surface area contributed by atoms with E-state index in [1.807, 2.05) is 6.07 Å². The van der Waals surface area contributed by atoms with Gasteiger partial charge >= 0.3 is 6.36 Å². The van der Waals surface area contributed by atoms with Crippen LogP contribution in [0.4, 0.5) is 23.2 Å². The van der Waals surface area contributed by atoms with Crippen molar-refractivity contribution in [3.05, 3.63) is 124 Å². The molecular weight excluding hydrogens is 576 g/mol. The number of nitriles is 1. The van der Waals surface area contributed by atoms with Crippen LogP contribution in [0, 0.1) is 21.4 Å². The molecular formula is C34H22F4N2O4. The van der Waals surface area contributed by atoms with E-state index in [1.165, 1.54) is 31.4 Å². The van der Waals surface area contributed by atoms with Gasteiger partial charge in [0, 0.05) is 11.1 Å². The fourth-order valence-corrected chi connectivity index (χ4v) is 5.20. The van der Waals surface area contributed by atoms with Crippen molar-refractivity contribution >= 4 is 5.69 Å². The Morgan fingerprint density at radius 3 is 1.73 bits per heavy atom. The number of nitro groups is 1. The van der Waals surface area contributed by atoms with Crippen LogP contribution in [0.5, 0.6) is 11.5 Å². The van der Waals surface area contributed by atoms with Gasteiger partial charge in [0.25, 0.3) is 5.69 Å². The zero-order chi connectivity index (χ0) is 31.4. The van der Waals surface area contributed by atoms with Crippen molar-refractivity contribution in [3.63, 3.8) is 0 Å². The number of nitrogens with zero attached hydrogens (tertiary/aromatic N) is 2. The molecule has 0 radical (unpaired) electrons. The van der Waals surface area contributed by atoms with Gasteiger partial charge in [-0.1, -0.05) is 66.7 Å². The molecule has 0 aliphatic carbocycles. The van der Waals surface area contributed by atoms with Crippen LogP contribution < -0.4 is 9.47 Å². The molecule has 5 aromatic carbocycles. The van der Waals surface area contributed by atoms with E-state index in [-0.39, 0.29) is 39.1 Å². The molecule has 0 heterocycles. The van der Waals surface area contributed by atoms with Crippen molar-refractivity contribution in [1.29, 1.82) is 5.26 Å². The first kappa shape index (κ1) is 29.8. The average molecular weight is 599 g/mol. The molecule has 0 bridgehead atoms. The van der Waals surface area contributed by atoms with Crippen LogP contribution in [0.3, 0.4) is 0 Å². The predicted octanol–water partition coefficient (Wildman–Crippen LogP) is 9.51.